The number of fused-ring (bicyclic) bond motifs is 1. The summed E-state index contributed by atoms with van der Waals surface area (Å²) < 4.78 is 4.58. The molecular formula is C20H16Cl2N6O7. The normalized spacial score (nSPS) is 13.2. The molecule has 1 aromatic heterocycles. The van der Waals surface area contributed by atoms with E-state index in [1.165, 1.54) is 30.3 Å². The Morgan fingerprint density at radius 3 is 2.60 bits per heavy atom. The quantitative estimate of drug-likeness (QED) is 0.0955. The minimum atomic E-state index is -1.97. The second kappa shape index (κ2) is 10.6. The molecule has 0 fully saturated rings. The number of ether oxygens (including phenoxy) is 1. The Morgan fingerprint density at radius 2 is 1.97 bits per heavy atom. The van der Waals surface area contributed by atoms with Crippen LogP contribution in [-0.2, 0) is 19.1 Å². The van der Waals surface area contributed by atoms with Crippen LogP contribution in [0.4, 0.5) is 11.4 Å². The number of carbonyl (C=O) groups is 3. The van der Waals surface area contributed by atoms with Crippen molar-refractivity contribution >= 4 is 69.0 Å². The summed E-state index contributed by atoms with van der Waals surface area (Å²) in [6.45, 7) is 0. The first-order chi connectivity index (χ1) is 16.6. The number of nitrogens with one attached hydrogen (secondary N) is 3. The van der Waals surface area contributed by atoms with E-state index in [-0.39, 0.29) is 32.5 Å². The Labute approximate surface area is 205 Å². The number of anilines is 1. The summed E-state index contributed by atoms with van der Waals surface area (Å²) in [5.41, 5.74) is -2.44. The number of esters is 1. The van der Waals surface area contributed by atoms with Gasteiger partial charge in [0, 0.05) is 17.2 Å². The van der Waals surface area contributed by atoms with Gasteiger partial charge >= 0.3 is 5.97 Å². The highest BCUT2D eigenvalue weighted by atomic mass is 35.5. The van der Waals surface area contributed by atoms with Gasteiger partial charge in [0.1, 0.15) is 11.6 Å². The summed E-state index contributed by atoms with van der Waals surface area (Å²) in [6, 6.07) is 7.74. The molecular weight excluding hydrogens is 507 g/mol. The van der Waals surface area contributed by atoms with E-state index in [0.717, 1.165) is 13.2 Å². The minimum absolute atomic E-state index is 0.0119. The van der Waals surface area contributed by atoms with Crippen molar-refractivity contribution in [3.05, 3.63) is 67.7 Å². The molecule has 2 aromatic carbocycles. The van der Waals surface area contributed by atoms with Crippen molar-refractivity contribution in [1.82, 2.24) is 9.97 Å². The fourth-order valence-corrected chi connectivity index (χ4v) is 3.40. The number of hydrogen-bond donors (Lipinski definition) is 5. The number of nitrogens with zero attached hydrogens (tertiary/aromatic N) is 2. The van der Waals surface area contributed by atoms with E-state index in [2.05, 4.69) is 25.1 Å². The molecule has 0 aliphatic heterocycles. The molecule has 6 N–H and O–H groups in total. The zero-order chi connectivity index (χ0) is 25.9. The number of amides is 1. The van der Waals surface area contributed by atoms with Gasteiger partial charge < -0.3 is 26.1 Å². The third-order valence-corrected chi connectivity index (χ3v) is 5.27. The number of halogens is 2. The Bertz CT molecular complexity index is 1420. The summed E-state index contributed by atoms with van der Waals surface area (Å²) in [5, 5.41) is 24.9. The molecule has 35 heavy (non-hydrogen) atoms. The van der Waals surface area contributed by atoms with Crippen molar-refractivity contribution in [2.75, 3.05) is 12.4 Å². The smallest absolute Gasteiger partial charge is 0.355 e. The summed E-state index contributed by atoms with van der Waals surface area (Å²) in [7, 11) is 0.979. The maximum absolute atomic E-state index is 13.2. The van der Waals surface area contributed by atoms with E-state index in [9.17, 15) is 24.4 Å². The predicted molar refractivity (Wildman–Crippen MR) is 125 cm³/mol. The third kappa shape index (κ3) is 5.45. The van der Waals surface area contributed by atoms with Crippen LogP contribution in [0.2, 0.25) is 10.0 Å². The van der Waals surface area contributed by atoms with Crippen LogP contribution in [0.15, 0.2) is 46.3 Å². The van der Waals surface area contributed by atoms with Gasteiger partial charge in [0.05, 0.1) is 28.9 Å². The Kier molecular flexibility index (Phi) is 7.78. The predicted octanol–water partition coefficient (Wildman–Crippen LogP) is 0.412. The number of aromatic nitrogens is 2. The van der Waals surface area contributed by atoms with Crippen LogP contribution in [0.1, 0.15) is 11.6 Å². The molecule has 13 nitrogen and oxygen atoms in total. The number of carbonyl (C=O) groups excluding carboxylic acids is 3. The van der Waals surface area contributed by atoms with Crippen LogP contribution in [0.3, 0.4) is 0 Å². The lowest BCUT2D eigenvalue weighted by molar-refractivity contribution is -0.991. The van der Waals surface area contributed by atoms with E-state index in [4.69, 9.17) is 34.3 Å². The number of aromatic amines is 1. The van der Waals surface area contributed by atoms with Gasteiger partial charge in [-0.25, -0.2) is 15.0 Å². The number of hydrazone groups is 1. The Balaban J connectivity index is 2.13. The second-order valence-electron chi connectivity index (χ2n) is 6.87. The fourth-order valence-electron chi connectivity index (χ4n) is 3.07. The van der Waals surface area contributed by atoms with Gasteiger partial charge in [-0.15, -0.1) is 0 Å². The zero-order valence-corrected chi connectivity index (χ0v) is 19.2. The molecule has 3 rings (SSSR count). The number of hydrogen-bond acceptors (Lipinski definition) is 10. The van der Waals surface area contributed by atoms with Gasteiger partial charge in [-0.2, -0.15) is 10.3 Å². The molecule has 0 aliphatic carbocycles. The van der Waals surface area contributed by atoms with E-state index in [0.29, 0.717) is 0 Å². The van der Waals surface area contributed by atoms with Crippen LogP contribution in [0, 0.1) is 5.21 Å². The van der Waals surface area contributed by atoms with Gasteiger partial charge in [-0.05, 0) is 24.3 Å². The van der Waals surface area contributed by atoms with Crippen molar-refractivity contribution in [3.63, 3.8) is 0 Å². The lowest BCUT2D eigenvalue weighted by Crippen LogP contribution is -2.99. The van der Waals surface area contributed by atoms with Crippen molar-refractivity contribution in [1.29, 1.82) is 0 Å². The molecule has 15 heteroatoms. The van der Waals surface area contributed by atoms with E-state index < -0.39 is 45.8 Å². The largest absolute Gasteiger partial charge is 0.595 e. The maximum atomic E-state index is 13.2. The van der Waals surface area contributed by atoms with Crippen molar-refractivity contribution < 1.29 is 29.6 Å². The molecule has 0 saturated carbocycles. The highest BCUT2D eigenvalue weighted by Gasteiger charge is 2.39. The number of quaternary nitrogens is 1. The number of H-pyrrole nitrogens is 1. The van der Waals surface area contributed by atoms with Crippen LogP contribution >= 0.6 is 23.2 Å². The van der Waals surface area contributed by atoms with E-state index in [1.807, 2.05) is 0 Å². The third-order valence-electron chi connectivity index (χ3n) is 4.71. The average molecular weight is 523 g/mol. The number of rotatable bonds is 7. The summed E-state index contributed by atoms with van der Waals surface area (Å²) in [5.74, 6) is -0.493. The van der Waals surface area contributed by atoms with E-state index >= 15 is 0 Å². The van der Waals surface area contributed by atoms with Crippen molar-refractivity contribution in [2.24, 2.45) is 10.9 Å². The van der Waals surface area contributed by atoms with Gasteiger partial charge in [-0.3, -0.25) is 14.4 Å². The summed E-state index contributed by atoms with van der Waals surface area (Å²) in [6.07, 6.45) is 0. The first-order valence-electron chi connectivity index (χ1n) is 9.51. The fraction of sp³-hybridized carbons (Fsp3) is 0.100. The van der Waals surface area contributed by atoms with Crippen molar-refractivity contribution in [3.8, 4) is 0 Å². The molecule has 3 aromatic rings. The minimum Gasteiger partial charge on any atom is -0.595 e. The molecule has 0 radical (unpaired) electrons. The number of benzene rings is 2. The number of methoxy groups -OCH3 is 1. The molecule has 0 spiro atoms. The maximum Gasteiger partial charge on any atom is 0.355 e. The Hall–Kier alpha value is -3.88. The van der Waals surface area contributed by atoms with Crippen molar-refractivity contribution in [2.45, 2.75) is 5.92 Å². The monoisotopic (exact) mass is 522 g/mol. The number of Topliss-reactive ketones (excluding diaryl/α,β-unsaturated/α-hetero) is 1. The molecule has 0 bridgehead atoms. The molecule has 2 atom stereocenters. The van der Waals surface area contributed by atoms with Crippen LogP contribution < -0.4 is 21.9 Å². The van der Waals surface area contributed by atoms with Gasteiger partial charge in [0.25, 0.3) is 11.5 Å². The molecule has 0 aliphatic rings. The standard InChI is InChI=1S/C20H16Cl2N6O7/c1-35-20(32)16(27-23)14(17(29)19(31)25-12-6-8(21)2-4-10(12)22)15-18(30)26-13-7-9(28(33)34)3-5-11(13)24-15/h2-7,14,28,33H,23H2,1H3,(H,25,31)(H,26,30)/b27-16+. The molecule has 2 unspecified atom stereocenters. The molecule has 0 saturated heterocycles. The van der Waals surface area contributed by atoms with Gasteiger partial charge in [-0.1, -0.05) is 23.2 Å². The van der Waals surface area contributed by atoms with Crippen LogP contribution in [0.5, 0.6) is 0 Å². The number of ketones is 1. The van der Waals surface area contributed by atoms with E-state index in [1.54, 1.807) is 0 Å². The van der Waals surface area contributed by atoms with Crippen LogP contribution in [0.25, 0.3) is 11.0 Å². The summed E-state index contributed by atoms with van der Waals surface area (Å²) >= 11 is 11.9. The zero-order valence-electron chi connectivity index (χ0n) is 17.7. The number of nitrogens with two attached hydrogens (primary N) is 1. The first kappa shape index (κ1) is 25.7. The van der Waals surface area contributed by atoms with Gasteiger partial charge in [0.15, 0.2) is 11.4 Å². The Morgan fingerprint density at radius 1 is 1.26 bits per heavy atom. The van der Waals surface area contributed by atoms with Crippen LogP contribution in [-0.4, -0.2) is 45.7 Å². The lowest BCUT2D eigenvalue weighted by atomic mass is 9.93. The highest BCUT2D eigenvalue weighted by molar-refractivity contribution is 6.53. The lowest BCUT2D eigenvalue weighted by Gasteiger charge is -2.16. The molecule has 1 amide bonds. The topological polar surface area (TPSA) is 204 Å². The average Bonchev–Trinajstić information content (AvgIpc) is 2.83. The first-order valence-corrected chi connectivity index (χ1v) is 10.3. The summed E-state index contributed by atoms with van der Waals surface area (Å²) in [4.78, 5) is 57.6. The SMILES string of the molecule is COC(=O)/C(=N/N)C(C(=O)C(=O)Nc1cc(Cl)ccc1Cl)c1nc2ccc([NH+]([O-])O)cc2[nH]c1=O. The molecule has 1 heterocycles. The highest BCUT2D eigenvalue weighted by Crippen LogP contribution is 2.26. The van der Waals surface area contributed by atoms with Gasteiger partial charge in [0.2, 0.25) is 5.78 Å². The molecule has 182 valence electrons. The second-order valence-corrected chi connectivity index (χ2v) is 7.71.